The van der Waals surface area contributed by atoms with Crippen LogP contribution in [-0.2, 0) is 0 Å². The van der Waals surface area contributed by atoms with Gasteiger partial charge in [-0.15, -0.1) is 0 Å². The van der Waals surface area contributed by atoms with Crippen LogP contribution >= 0.6 is 0 Å². The predicted octanol–water partition coefficient (Wildman–Crippen LogP) is 1.50. The minimum absolute atomic E-state index is 0.250. The molecule has 0 heterocycles. The van der Waals surface area contributed by atoms with Crippen molar-refractivity contribution >= 4 is 0 Å². The third-order valence-electron chi connectivity index (χ3n) is 0.879. The molecule has 0 saturated carbocycles. The molecule has 1 nitrogen and oxygen atoms in total. The maximum absolute atomic E-state index is 12.1. The van der Waals surface area contributed by atoms with Gasteiger partial charge in [-0.3, -0.25) is 0 Å². The Labute approximate surface area is 56.4 Å². The number of rotatable bonds is 3. The van der Waals surface area contributed by atoms with Crippen LogP contribution in [0.5, 0.6) is 0 Å². The molecule has 0 bridgehead atoms. The highest BCUT2D eigenvalue weighted by Gasteiger charge is 2.31. The maximum atomic E-state index is 12.1. The van der Waals surface area contributed by atoms with Gasteiger partial charge in [0.15, 0.2) is 0 Å². The number of hydrogen-bond donors (Lipinski definition) is 1. The molecular weight excluding hydrogens is 150 g/mol. The first kappa shape index (κ1) is 9.68. The summed E-state index contributed by atoms with van der Waals surface area (Å²) in [5.74, 6) is 0. The lowest BCUT2D eigenvalue weighted by atomic mass is 10.3. The lowest BCUT2D eigenvalue weighted by Crippen LogP contribution is -2.25. The molecule has 0 radical (unpaired) electrons. The van der Waals surface area contributed by atoms with E-state index < -0.39 is 18.8 Å². The Morgan fingerprint density at radius 3 is 2.20 bits per heavy atom. The minimum atomic E-state index is -4.39. The van der Waals surface area contributed by atoms with Crippen molar-refractivity contribution in [2.45, 2.75) is 18.8 Å². The highest BCUT2D eigenvalue weighted by atomic mass is 19.4. The van der Waals surface area contributed by atoms with E-state index in [1.807, 2.05) is 0 Å². The minimum Gasteiger partial charge on any atom is -0.317 e. The molecule has 0 aromatic rings. The zero-order valence-corrected chi connectivity index (χ0v) is 5.50. The zero-order chi connectivity index (χ0) is 8.20. The molecule has 0 spiro atoms. The average Bonchev–Trinajstić information content (AvgIpc) is 1.59. The van der Waals surface area contributed by atoms with E-state index in [2.05, 4.69) is 5.32 Å². The molecule has 0 aromatic heterocycles. The summed E-state index contributed by atoms with van der Waals surface area (Å²) >= 11 is 0. The Balaban J connectivity index is 3.47. The van der Waals surface area contributed by atoms with Gasteiger partial charge in [-0.1, -0.05) is 0 Å². The van der Waals surface area contributed by atoms with Crippen LogP contribution in [0.3, 0.4) is 0 Å². The highest BCUT2D eigenvalue weighted by molar-refractivity contribution is 4.63. The van der Waals surface area contributed by atoms with Gasteiger partial charge in [0.05, 0.1) is 6.42 Å². The molecule has 0 rings (SSSR count). The molecule has 0 fully saturated rings. The molecule has 0 saturated heterocycles. The monoisotopic (exact) mass is 159 g/mol. The van der Waals surface area contributed by atoms with Crippen LogP contribution in [0.1, 0.15) is 6.42 Å². The predicted molar refractivity (Wildman–Crippen MR) is 29.5 cm³/mol. The van der Waals surface area contributed by atoms with E-state index in [1.54, 1.807) is 0 Å². The number of nitrogens with one attached hydrogen (secondary N) is 1. The van der Waals surface area contributed by atoms with E-state index in [4.69, 9.17) is 0 Å². The summed E-state index contributed by atoms with van der Waals surface area (Å²) in [7, 11) is 1.41. The van der Waals surface area contributed by atoms with E-state index in [-0.39, 0.29) is 6.54 Å². The third kappa shape index (κ3) is 5.81. The van der Waals surface area contributed by atoms with Gasteiger partial charge in [0.1, 0.15) is 6.17 Å². The lowest BCUT2D eigenvalue weighted by Gasteiger charge is -2.09. The van der Waals surface area contributed by atoms with E-state index >= 15 is 0 Å². The van der Waals surface area contributed by atoms with Crippen LogP contribution in [0.4, 0.5) is 17.6 Å². The number of halogens is 4. The van der Waals surface area contributed by atoms with E-state index in [9.17, 15) is 17.6 Å². The molecule has 10 heavy (non-hydrogen) atoms. The first-order valence-corrected chi connectivity index (χ1v) is 2.81. The molecule has 0 aliphatic heterocycles. The Morgan fingerprint density at radius 2 is 1.90 bits per heavy atom. The number of alkyl halides is 4. The molecule has 5 heteroatoms. The van der Waals surface area contributed by atoms with Crippen molar-refractivity contribution in [3.63, 3.8) is 0 Å². The summed E-state index contributed by atoms with van der Waals surface area (Å²) < 4.78 is 46.2. The van der Waals surface area contributed by atoms with Crippen LogP contribution in [0.2, 0.25) is 0 Å². The van der Waals surface area contributed by atoms with Crippen molar-refractivity contribution in [3.8, 4) is 0 Å². The van der Waals surface area contributed by atoms with Crippen LogP contribution in [0, 0.1) is 0 Å². The van der Waals surface area contributed by atoms with Crippen molar-refractivity contribution in [2.75, 3.05) is 13.6 Å². The Hall–Kier alpha value is -0.320. The summed E-state index contributed by atoms with van der Waals surface area (Å²) in [5, 5.41) is 2.32. The Bertz CT molecular complexity index is 90.1. The van der Waals surface area contributed by atoms with Crippen LogP contribution in [-0.4, -0.2) is 25.9 Å². The molecule has 0 aliphatic carbocycles. The molecular formula is C5H9F4N. The van der Waals surface area contributed by atoms with E-state index in [1.165, 1.54) is 7.05 Å². The molecule has 1 N–H and O–H groups in total. The fraction of sp³-hybridized carbons (Fsp3) is 1.00. The SMILES string of the molecule is CNC[C@@H](F)CC(F)(F)F. The summed E-state index contributed by atoms with van der Waals surface area (Å²) in [6.45, 7) is -0.250. The molecule has 62 valence electrons. The van der Waals surface area contributed by atoms with Crippen molar-refractivity contribution in [3.05, 3.63) is 0 Å². The molecule has 1 atom stereocenters. The molecule has 0 aliphatic rings. The van der Waals surface area contributed by atoms with Crippen molar-refractivity contribution in [2.24, 2.45) is 0 Å². The second-order valence-corrected chi connectivity index (χ2v) is 1.97. The molecule has 0 unspecified atom stereocenters. The zero-order valence-electron chi connectivity index (χ0n) is 5.50. The van der Waals surface area contributed by atoms with Crippen LogP contribution in [0.15, 0.2) is 0 Å². The van der Waals surface area contributed by atoms with Gasteiger partial charge in [-0.2, -0.15) is 13.2 Å². The first-order chi connectivity index (χ1) is 4.45. The smallest absolute Gasteiger partial charge is 0.317 e. The van der Waals surface area contributed by atoms with E-state index in [0.29, 0.717) is 0 Å². The Morgan fingerprint density at radius 1 is 1.40 bits per heavy atom. The van der Waals surface area contributed by atoms with Gasteiger partial charge in [0.25, 0.3) is 0 Å². The normalized spacial score (nSPS) is 15.3. The first-order valence-electron chi connectivity index (χ1n) is 2.81. The highest BCUT2D eigenvalue weighted by Crippen LogP contribution is 2.22. The van der Waals surface area contributed by atoms with Gasteiger partial charge >= 0.3 is 6.18 Å². The van der Waals surface area contributed by atoms with Gasteiger partial charge in [-0.25, -0.2) is 4.39 Å². The average molecular weight is 159 g/mol. The largest absolute Gasteiger partial charge is 0.391 e. The van der Waals surface area contributed by atoms with E-state index in [0.717, 1.165) is 0 Å². The van der Waals surface area contributed by atoms with Gasteiger partial charge < -0.3 is 5.32 Å². The van der Waals surface area contributed by atoms with Crippen molar-refractivity contribution < 1.29 is 17.6 Å². The van der Waals surface area contributed by atoms with Gasteiger partial charge in [0, 0.05) is 6.54 Å². The summed E-state index contributed by atoms with van der Waals surface area (Å²) in [6, 6.07) is 0. The van der Waals surface area contributed by atoms with Crippen LogP contribution < -0.4 is 5.32 Å². The summed E-state index contributed by atoms with van der Waals surface area (Å²) in [6.07, 6.45) is -7.59. The standard InChI is InChI=1S/C5H9F4N/c1-10-3-4(6)2-5(7,8)9/h4,10H,2-3H2,1H3/t4-/m0/s1. The Kier molecular flexibility index (Phi) is 3.63. The number of hydrogen-bond acceptors (Lipinski definition) is 1. The summed E-state index contributed by atoms with van der Waals surface area (Å²) in [4.78, 5) is 0. The van der Waals surface area contributed by atoms with Gasteiger partial charge in [0.2, 0.25) is 0 Å². The lowest BCUT2D eigenvalue weighted by molar-refractivity contribution is -0.145. The van der Waals surface area contributed by atoms with Crippen molar-refractivity contribution in [1.82, 2.24) is 5.32 Å². The fourth-order valence-corrected chi connectivity index (χ4v) is 0.545. The summed E-state index contributed by atoms with van der Waals surface area (Å²) in [5.41, 5.74) is 0. The fourth-order valence-electron chi connectivity index (χ4n) is 0.545. The second kappa shape index (κ2) is 3.75. The quantitative estimate of drug-likeness (QED) is 0.615. The second-order valence-electron chi connectivity index (χ2n) is 1.97. The molecule has 0 aromatic carbocycles. The topological polar surface area (TPSA) is 12.0 Å². The maximum Gasteiger partial charge on any atom is 0.391 e. The van der Waals surface area contributed by atoms with Gasteiger partial charge in [-0.05, 0) is 7.05 Å². The third-order valence-corrected chi connectivity index (χ3v) is 0.879. The van der Waals surface area contributed by atoms with Crippen LogP contribution in [0.25, 0.3) is 0 Å². The van der Waals surface area contributed by atoms with Crippen molar-refractivity contribution in [1.29, 1.82) is 0 Å². The molecule has 0 amide bonds.